The van der Waals surface area contributed by atoms with Crippen molar-refractivity contribution in [2.75, 3.05) is 18.0 Å². The highest BCUT2D eigenvalue weighted by atomic mass is 16.5. The van der Waals surface area contributed by atoms with Gasteiger partial charge in [-0.1, -0.05) is 35.0 Å². The number of benzene rings is 1. The van der Waals surface area contributed by atoms with Crippen LogP contribution in [-0.4, -0.2) is 34.5 Å². The van der Waals surface area contributed by atoms with E-state index in [9.17, 15) is 0 Å². The number of aryl methyl sites for hydroxylation is 1. The second-order valence-corrected chi connectivity index (χ2v) is 6.79. The van der Waals surface area contributed by atoms with Crippen LogP contribution >= 0.6 is 0 Å². The average molecular weight is 349 g/mol. The van der Waals surface area contributed by atoms with Crippen molar-refractivity contribution in [2.24, 2.45) is 0 Å². The minimum atomic E-state index is 0.402. The maximum atomic E-state index is 5.50. The fraction of sp³-hybridized carbons (Fsp3) is 0.350. The van der Waals surface area contributed by atoms with E-state index in [1.807, 2.05) is 18.2 Å². The molecule has 0 saturated carbocycles. The van der Waals surface area contributed by atoms with Crippen molar-refractivity contribution in [1.29, 1.82) is 0 Å². The van der Waals surface area contributed by atoms with E-state index in [0.29, 0.717) is 12.6 Å². The van der Waals surface area contributed by atoms with Crippen molar-refractivity contribution in [3.05, 3.63) is 60.0 Å². The smallest absolute Gasteiger partial charge is 0.151 e. The van der Waals surface area contributed by atoms with Crippen LogP contribution in [0.2, 0.25) is 0 Å². The molecule has 1 atom stereocenters. The summed E-state index contributed by atoms with van der Waals surface area (Å²) in [6.07, 6.45) is 3.99. The topological polar surface area (TPSA) is 67.1 Å². The minimum Gasteiger partial charge on any atom is -0.359 e. The lowest BCUT2D eigenvalue weighted by Gasteiger charge is -2.33. The van der Waals surface area contributed by atoms with Crippen LogP contribution in [0, 0.1) is 6.92 Å². The lowest BCUT2D eigenvalue weighted by molar-refractivity contribution is 0.350. The molecular weight excluding hydrogens is 326 g/mol. The Bertz CT molecular complexity index is 831. The Morgan fingerprint density at radius 3 is 2.92 bits per heavy atom. The maximum absolute atomic E-state index is 5.50. The number of aromatic nitrogens is 3. The van der Waals surface area contributed by atoms with E-state index in [0.717, 1.165) is 48.8 Å². The fourth-order valence-electron chi connectivity index (χ4n) is 3.32. The number of hydrogen-bond acceptors (Lipinski definition) is 6. The normalized spacial score (nSPS) is 17.4. The van der Waals surface area contributed by atoms with E-state index in [1.54, 1.807) is 6.20 Å². The Labute approximate surface area is 153 Å². The molecule has 0 bridgehead atoms. The van der Waals surface area contributed by atoms with E-state index < -0.39 is 0 Å². The van der Waals surface area contributed by atoms with Crippen molar-refractivity contribution < 1.29 is 4.52 Å². The van der Waals surface area contributed by atoms with Crippen LogP contribution < -0.4 is 10.2 Å². The summed E-state index contributed by atoms with van der Waals surface area (Å²) in [5.41, 5.74) is 3.20. The van der Waals surface area contributed by atoms with Crippen molar-refractivity contribution in [3.8, 4) is 11.3 Å². The van der Waals surface area contributed by atoms with Crippen molar-refractivity contribution >= 4 is 5.82 Å². The molecule has 26 heavy (non-hydrogen) atoms. The van der Waals surface area contributed by atoms with Crippen LogP contribution in [0.5, 0.6) is 0 Å². The van der Waals surface area contributed by atoms with E-state index in [2.05, 4.69) is 56.8 Å². The molecular formula is C20H23N5O. The monoisotopic (exact) mass is 349 g/mol. The lowest BCUT2D eigenvalue weighted by atomic mass is 10.1. The molecule has 3 heterocycles. The van der Waals surface area contributed by atoms with E-state index in [-0.39, 0.29) is 0 Å². The third-order valence-corrected chi connectivity index (χ3v) is 4.77. The zero-order valence-corrected chi connectivity index (χ0v) is 14.9. The summed E-state index contributed by atoms with van der Waals surface area (Å²) in [5.74, 6) is 1.80. The highest BCUT2D eigenvalue weighted by molar-refractivity contribution is 5.59. The number of piperidine rings is 1. The molecule has 1 fully saturated rings. The van der Waals surface area contributed by atoms with Crippen molar-refractivity contribution in [2.45, 2.75) is 32.4 Å². The molecule has 6 nitrogen and oxygen atoms in total. The van der Waals surface area contributed by atoms with Crippen molar-refractivity contribution in [1.82, 2.24) is 20.7 Å². The van der Waals surface area contributed by atoms with Gasteiger partial charge in [0.2, 0.25) is 0 Å². The largest absolute Gasteiger partial charge is 0.359 e. The average Bonchev–Trinajstić information content (AvgIpc) is 3.17. The summed E-state index contributed by atoms with van der Waals surface area (Å²) < 4.78 is 5.50. The molecule has 2 aromatic heterocycles. The van der Waals surface area contributed by atoms with Gasteiger partial charge in [0.05, 0.1) is 6.54 Å². The molecule has 1 aliphatic rings. The first-order valence-electron chi connectivity index (χ1n) is 9.06. The number of rotatable bonds is 5. The van der Waals surface area contributed by atoms with E-state index in [1.165, 1.54) is 5.56 Å². The first-order valence-corrected chi connectivity index (χ1v) is 9.06. The molecule has 1 saturated heterocycles. The fourth-order valence-corrected chi connectivity index (χ4v) is 3.32. The Balaban J connectivity index is 1.35. The Hall–Kier alpha value is -2.73. The SMILES string of the molecule is Cc1ccc(-c2cc(CNC3CCCN(c4cccnn4)C3)on2)cc1. The lowest BCUT2D eigenvalue weighted by Crippen LogP contribution is -2.45. The minimum absolute atomic E-state index is 0.402. The zero-order valence-electron chi connectivity index (χ0n) is 14.9. The Morgan fingerprint density at radius 1 is 1.23 bits per heavy atom. The second-order valence-electron chi connectivity index (χ2n) is 6.79. The van der Waals surface area contributed by atoms with Crippen LogP contribution in [0.1, 0.15) is 24.2 Å². The standard InChI is InChI=1S/C20H23N5O/c1-15-6-8-16(9-7-15)19-12-18(26-24-19)13-21-17-4-3-11-25(14-17)20-5-2-10-22-23-20/h2,5-10,12,17,21H,3-4,11,13-14H2,1H3. The molecule has 6 heteroatoms. The van der Waals surface area contributed by atoms with Crippen LogP contribution in [-0.2, 0) is 6.54 Å². The van der Waals surface area contributed by atoms with Crippen LogP contribution in [0.25, 0.3) is 11.3 Å². The van der Waals surface area contributed by atoms with Crippen LogP contribution in [0.15, 0.2) is 53.2 Å². The van der Waals surface area contributed by atoms with E-state index in [4.69, 9.17) is 4.52 Å². The maximum Gasteiger partial charge on any atom is 0.151 e. The summed E-state index contributed by atoms with van der Waals surface area (Å²) in [7, 11) is 0. The summed E-state index contributed by atoms with van der Waals surface area (Å²) in [5, 5.41) is 16.0. The van der Waals surface area contributed by atoms with Gasteiger partial charge in [0, 0.05) is 37.0 Å². The first-order chi connectivity index (χ1) is 12.8. The number of anilines is 1. The number of hydrogen-bond donors (Lipinski definition) is 1. The molecule has 0 amide bonds. The highest BCUT2D eigenvalue weighted by Crippen LogP contribution is 2.20. The third kappa shape index (κ3) is 3.91. The van der Waals surface area contributed by atoms with E-state index >= 15 is 0 Å². The highest BCUT2D eigenvalue weighted by Gasteiger charge is 2.21. The molecule has 3 aromatic rings. The summed E-state index contributed by atoms with van der Waals surface area (Å²) >= 11 is 0. The molecule has 4 rings (SSSR count). The zero-order chi connectivity index (χ0) is 17.8. The van der Waals surface area contributed by atoms with Gasteiger partial charge in [0.1, 0.15) is 5.69 Å². The number of nitrogens with zero attached hydrogens (tertiary/aromatic N) is 4. The Kier molecular flexibility index (Phi) is 4.93. The quantitative estimate of drug-likeness (QED) is 0.763. The van der Waals surface area contributed by atoms with Gasteiger partial charge in [-0.25, -0.2) is 0 Å². The van der Waals surface area contributed by atoms with Gasteiger partial charge in [-0.2, -0.15) is 5.10 Å². The molecule has 1 unspecified atom stereocenters. The van der Waals surface area contributed by atoms with Gasteiger partial charge in [-0.3, -0.25) is 0 Å². The molecule has 1 aliphatic heterocycles. The summed E-state index contributed by atoms with van der Waals surface area (Å²) in [6, 6.07) is 14.7. The molecule has 0 spiro atoms. The molecule has 1 aromatic carbocycles. The molecule has 134 valence electrons. The first kappa shape index (κ1) is 16.7. The van der Waals surface area contributed by atoms with Gasteiger partial charge >= 0.3 is 0 Å². The molecule has 0 aliphatic carbocycles. The van der Waals surface area contributed by atoms with Crippen LogP contribution in [0.4, 0.5) is 5.82 Å². The Morgan fingerprint density at radius 2 is 2.12 bits per heavy atom. The third-order valence-electron chi connectivity index (χ3n) is 4.77. The predicted octanol–water partition coefficient (Wildman–Crippen LogP) is 3.20. The van der Waals surface area contributed by atoms with Gasteiger partial charge in [0.15, 0.2) is 11.6 Å². The summed E-state index contributed by atoms with van der Waals surface area (Å²) in [4.78, 5) is 2.28. The van der Waals surface area contributed by atoms with Crippen molar-refractivity contribution in [3.63, 3.8) is 0 Å². The molecule has 0 radical (unpaired) electrons. The van der Waals surface area contributed by atoms with Gasteiger partial charge in [-0.15, -0.1) is 5.10 Å². The molecule has 1 N–H and O–H groups in total. The van der Waals surface area contributed by atoms with Crippen LogP contribution in [0.3, 0.4) is 0 Å². The van der Waals surface area contributed by atoms with Gasteiger partial charge < -0.3 is 14.7 Å². The van der Waals surface area contributed by atoms with Gasteiger partial charge in [-0.05, 0) is 31.9 Å². The van der Waals surface area contributed by atoms with Gasteiger partial charge in [0.25, 0.3) is 0 Å². The predicted molar refractivity (Wildman–Crippen MR) is 101 cm³/mol. The number of nitrogens with one attached hydrogen (secondary N) is 1. The summed E-state index contributed by atoms with van der Waals surface area (Å²) in [6.45, 7) is 4.71. The second kappa shape index (κ2) is 7.66.